The number of rotatable bonds is 12. The van der Waals surface area contributed by atoms with Crippen molar-refractivity contribution in [2.24, 2.45) is 0 Å². The molecule has 0 bridgehead atoms. The van der Waals surface area contributed by atoms with Crippen LogP contribution in [0.4, 0.5) is 0 Å². The SMILES string of the molecule is CCc1ccc(O[C@H](C)CCOc2cc(C)c(CCC(=O)O)c(C)c2)c(Oc2ccccc2)c1. The number of aliphatic carboxylic acids is 1. The minimum atomic E-state index is -0.783. The normalized spacial score (nSPS) is 11.6. The molecule has 34 heavy (non-hydrogen) atoms. The van der Waals surface area contributed by atoms with Crippen LogP contribution in [0.5, 0.6) is 23.0 Å². The summed E-state index contributed by atoms with van der Waals surface area (Å²) in [6.07, 6.45) is 2.22. The van der Waals surface area contributed by atoms with Gasteiger partial charge in [0.15, 0.2) is 11.5 Å². The molecule has 0 spiro atoms. The molecule has 0 heterocycles. The number of hydrogen-bond acceptors (Lipinski definition) is 4. The van der Waals surface area contributed by atoms with E-state index in [1.807, 2.05) is 75.4 Å². The summed E-state index contributed by atoms with van der Waals surface area (Å²) in [5, 5.41) is 8.96. The molecule has 3 rings (SSSR count). The second-order valence-electron chi connectivity index (χ2n) is 8.54. The number of carboxylic acid groups (broad SMARTS) is 1. The zero-order chi connectivity index (χ0) is 24.5. The van der Waals surface area contributed by atoms with E-state index in [0.717, 1.165) is 34.6 Å². The summed E-state index contributed by atoms with van der Waals surface area (Å²) in [4.78, 5) is 10.9. The van der Waals surface area contributed by atoms with E-state index >= 15 is 0 Å². The molecule has 1 atom stereocenters. The molecule has 5 heteroatoms. The van der Waals surface area contributed by atoms with Crippen molar-refractivity contribution >= 4 is 5.97 Å². The predicted octanol–water partition coefficient (Wildman–Crippen LogP) is 6.91. The van der Waals surface area contributed by atoms with Crippen LogP contribution in [0.15, 0.2) is 60.7 Å². The Kier molecular flexibility index (Phi) is 8.97. The summed E-state index contributed by atoms with van der Waals surface area (Å²) in [5.74, 6) is 2.20. The van der Waals surface area contributed by atoms with Crippen molar-refractivity contribution < 1.29 is 24.1 Å². The topological polar surface area (TPSA) is 65.0 Å². The molecule has 5 nitrogen and oxygen atoms in total. The van der Waals surface area contributed by atoms with Crippen LogP contribution in [0.3, 0.4) is 0 Å². The van der Waals surface area contributed by atoms with E-state index in [9.17, 15) is 4.79 Å². The van der Waals surface area contributed by atoms with Gasteiger partial charge in [0.2, 0.25) is 0 Å². The Morgan fingerprint density at radius 1 is 0.941 bits per heavy atom. The Bertz CT molecular complexity index is 1070. The lowest BCUT2D eigenvalue weighted by atomic mass is 9.98. The molecule has 0 aliphatic heterocycles. The highest BCUT2D eigenvalue weighted by Gasteiger charge is 2.13. The van der Waals surface area contributed by atoms with Crippen LogP contribution < -0.4 is 14.2 Å². The van der Waals surface area contributed by atoms with Gasteiger partial charge in [-0.15, -0.1) is 0 Å². The highest BCUT2D eigenvalue weighted by Crippen LogP contribution is 2.34. The molecule has 0 fully saturated rings. The largest absolute Gasteiger partial charge is 0.493 e. The van der Waals surface area contributed by atoms with Gasteiger partial charge in [0.05, 0.1) is 12.7 Å². The van der Waals surface area contributed by atoms with E-state index in [2.05, 4.69) is 13.0 Å². The zero-order valence-corrected chi connectivity index (χ0v) is 20.5. The summed E-state index contributed by atoms with van der Waals surface area (Å²) < 4.78 is 18.3. The van der Waals surface area contributed by atoms with E-state index in [1.54, 1.807) is 0 Å². The summed E-state index contributed by atoms with van der Waals surface area (Å²) >= 11 is 0. The van der Waals surface area contributed by atoms with Crippen molar-refractivity contribution in [1.29, 1.82) is 0 Å². The Balaban J connectivity index is 1.59. The monoisotopic (exact) mass is 462 g/mol. The highest BCUT2D eigenvalue weighted by atomic mass is 16.5. The van der Waals surface area contributed by atoms with Gasteiger partial charge in [-0.05, 0) is 92.3 Å². The van der Waals surface area contributed by atoms with Crippen LogP contribution in [0.1, 0.15) is 48.9 Å². The van der Waals surface area contributed by atoms with Crippen LogP contribution in [-0.4, -0.2) is 23.8 Å². The molecule has 0 saturated heterocycles. The number of ether oxygens (including phenoxy) is 3. The van der Waals surface area contributed by atoms with E-state index < -0.39 is 5.97 Å². The first-order chi connectivity index (χ1) is 16.4. The first-order valence-corrected chi connectivity index (χ1v) is 11.8. The molecule has 0 aromatic heterocycles. The van der Waals surface area contributed by atoms with Gasteiger partial charge in [-0.25, -0.2) is 0 Å². The van der Waals surface area contributed by atoms with Crippen LogP contribution in [-0.2, 0) is 17.6 Å². The van der Waals surface area contributed by atoms with Crippen molar-refractivity contribution in [2.45, 2.75) is 59.5 Å². The lowest BCUT2D eigenvalue weighted by Gasteiger charge is -2.19. The van der Waals surface area contributed by atoms with Gasteiger partial charge in [-0.3, -0.25) is 4.79 Å². The molecule has 1 N–H and O–H groups in total. The zero-order valence-electron chi connectivity index (χ0n) is 20.5. The fraction of sp³-hybridized carbons (Fsp3) is 0.345. The molecule has 0 amide bonds. The average molecular weight is 463 g/mol. The minimum Gasteiger partial charge on any atom is -0.493 e. The van der Waals surface area contributed by atoms with Crippen LogP contribution in [0.2, 0.25) is 0 Å². The Morgan fingerprint density at radius 2 is 1.65 bits per heavy atom. The van der Waals surface area contributed by atoms with Crippen molar-refractivity contribution in [2.75, 3.05) is 6.61 Å². The Morgan fingerprint density at radius 3 is 2.29 bits per heavy atom. The average Bonchev–Trinajstić information content (AvgIpc) is 2.80. The third-order valence-corrected chi connectivity index (χ3v) is 5.77. The minimum absolute atomic E-state index is 0.0670. The molecule has 0 radical (unpaired) electrons. The van der Waals surface area contributed by atoms with Gasteiger partial charge < -0.3 is 19.3 Å². The van der Waals surface area contributed by atoms with Crippen LogP contribution in [0.25, 0.3) is 0 Å². The lowest BCUT2D eigenvalue weighted by molar-refractivity contribution is -0.136. The molecule has 0 unspecified atom stereocenters. The summed E-state index contributed by atoms with van der Waals surface area (Å²) in [7, 11) is 0. The molecule has 180 valence electrons. The molecule has 3 aromatic carbocycles. The van der Waals surface area contributed by atoms with Crippen LogP contribution >= 0.6 is 0 Å². The van der Waals surface area contributed by atoms with Gasteiger partial charge in [-0.1, -0.05) is 31.2 Å². The number of para-hydroxylation sites is 1. The van der Waals surface area contributed by atoms with Crippen molar-refractivity contribution in [1.82, 2.24) is 0 Å². The molecular weight excluding hydrogens is 428 g/mol. The van der Waals surface area contributed by atoms with E-state index in [4.69, 9.17) is 19.3 Å². The molecule has 0 aliphatic carbocycles. The van der Waals surface area contributed by atoms with E-state index in [1.165, 1.54) is 5.56 Å². The van der Waals surface area contributed by atoms with Crippen molar-refractivity contribution in [3.63, 3.8) is 0 Å². The fourth-order valence-corrected chi connectivity index (χ4v) is 3.85. The molecule has 0 aliphatic rings. The first kappa shape index (κ1) is 25.2. The number of carboxylic acids is 1. The third kappa shape index (κ3) is 7.27. The standard InChI is InChI=1S/C29H34O5/c1-5-23-11-13-27(28(19-23)34-24-9-7-6-8-10-24)33-22(4)15-16-32-25-17-20(2)26(21(3)18-25)12-14-29(30)31/h6-11,13,17-19,22H,5,12,14-16H2,1-4H3,(H,30,31)/t22-/m1/s1. The maximum Gasteiger partial charge on any atom is 0.303 e. The quantitative estimate of drug-likeness (QED) is 0.317. The smallest absolute Gasteiger partial charge is 0.303 e. The van der Waals surface area contributed by atoms with Gasteiger partial charge in [0, 0.05) is 12.8 Å². The number of carbonyl (C=O) groups is 1. The third-order valence-electron chi connectivity index (χ3n) is 5.77. The first-order valence-electron chi connectivity index (χ1n) is 11.8. The van der Waals surface area contributed by atoms with Gasteiger partial charge in [0.25, 0.3) is 0 Å². The fourth-order valence-electron chi connectivity index (χ4n) is 3.85. The van der Waals surface area contributed by atoms with E-state index in [-0.39, 0.29) is 12.5 Å². The van der Waals surface area contributed by atoms with Crippen LogP contribution in [0, 0.1) is 13.8 Å². The molecule has 0 saturated carbocycles. The van der Waals surface area contributed by atoms with Crippen molar-refractivity contribution in [3.05, 3.63) is 82.9 Å². The summed E-state index contributed by atoms with van der Waals surface area (Å²) in [5.41, 5.74) is 4.37. The maximum atomic E-state index is 10.9. The Labute approximate surface area is 202 Å². The second kappa shape index (κ2) is 12.1. The summed E-state index contributed by atoms with van der Waals surface area (Å²) in [6, 6.07) is 19.7. The van der Waals surface area contributed by atoms with Gasteiger partial charge in [-0.2, -0.15) is 0 Å². The highest BCUT2D eigenvalue weighted by molar-refractivity contribution is 5.67. The lowest BCUT2D eigenvalue weighted by Crippen LogP contribution is -2.16. The molecular formula is C29H34O5. The Hall–Kier alpha value is -3.47. The number of benzene rings is 3. The predicted molar refractivity (Wildman–Crippen MR) is 134 cm³/mol. The number of aryl methyl sites for hydroxylation is 3. The van der Waals surface area contributed by atoms with Crippen molar-refractivity contribution in [3.8, 4) is 23.0 Å². The maximum absolute atomic E-state index is 10.9. The summed E-state index contributed by atoms with van der Waals surface area (Å²) in [6.45, 7) is 8.64. The second-order valence-corrected chi connectivity index (χ2v) is 8.54. The number of hydrogen-bond donors (Lipinski definition) is 1. The van der Waals surface area contributed by atoms with Gasteiger partial charge >= 0.3 is 5.97 Å². The van der Waals surface area contributed by atoms with E-state index in [0.29, 0.717) is 30.9 Å². The van der Waals surface area contributed by atoms with Gasteiger partial charge in [0.1, 0.15) is 11.5 Å². The molecule has 3 aromatic rings.